The molecule has 1 unspecified atom stereocenters. The predicted octanol–water partition coefficient (Wildman–Crippen LogP) is 13.1. The monoisotopic (exact) mass is 1030 g/mol. The molecular formula is C55H102N2O11PS+. The van der Waals surface area contributed by atoms with Crippen molar-refractivity contribution >= 4 is 37.5 Å². The largest absolute Gasteiger partial charge is 0.481 e. The summed E-state index contributed by atoms with van der Waals surface area (Å²) in [6.07, 6.45) is 46.2. The number of carbonyl (C=O) groups is 3. The minimum absolute atomic E-state index is 0.0440. The SMILES string of the molecule is CCCCC/C=C\C\C=C/C=C/C=C/[C@@H](SC[C@H](N)C(=O)OC[C@H](COP(=O)(O)OCC[N+](C)(C)C)OC(=O)CCCCCCCCCCCCCCCCCCCCCCC)[C@@H](O)CCCC(=O)O. The molecule has 0 aliphatic rings. The van der Waals surface area contributed by atoms with Gasteiger partial charge in [-0.2, -0.15) is 0 Å². The zero-order valence-electron chi connectivity index (χ0n) is 44.7. The number of esters is 2. The molecule has 0 aliphatic carbocycles. The van der Waals surface area contributed by atoms with Crippen molar-refractivity contribution in [3.63, 3.8) is 0 Å². The number of nitrogens with two attached hydrogens (primary N) is 1. The quantitative estimate of drug-likeness (QED) is 0.0112. The number of carboxylic acid groups (broad SMARTS) is 1. The molecule has 0 aromatic rings. The van der Waals surface area contributed by atoms with Crippen molar-refractivity contribution in [2.45, 2.75) is 230 Å². The fourth-order valence-corrected chi connectivity index (χ4v) is 9.32. The topological polar surface area (TPSA) is 192 Å². The van der Waals surface area contributed by atoms with Crippen molar-refractivity contribution in [2.24, 2.45) is 5.73 Å². The van der Waals surface area contributed by atoms with Crippen LogP contribution >= 0.6 is 19.6 Å². The lowest BCUT2D eigenvalue weighted by Crippen LogP contribution is -2.39. The van der Waals surface area contributed by atoms with E-state index in [0.717, 1.165) is 32.1 Å². The highest BCUT2D eigenvalue weighted by Crippen LogP contribution is 2.43. The number of ether oxygens (including phenoxy) is 2. The Morgan fingerprint density at radius 1 is 0.657 bits per heavy atom. The maximum absolute atomic E-state index is 13.1. The number of allylic oxidation sites excluding steroid dienone is 7. The average Bonchev–Trinajstić information content (AvgIpc) is 3.30. The number of aliphatic hydroxyl groups is 1. The summed E-state index contributed by atoms with van der Waals surface area (Å²) in [5.74, 6) is -2.22. The zero-order chi connectivity index (χ0) is 52.0. The van der Waals surface area contributed by atoms with Crippen molar-refractivity contribution in [1.82, 2.24) is 0 Å². The fraction of sp³-hybridized carbons (Fsp3) is 0.800. The molecule has 0 radical (unpaired) electrons. The summed E-state index contributed by atoms with van der Waals surface area (Å²) in [7, 11) is 1.22. The predicted molar refractivity (Wildman–Crippen MR) is 290 cm³/mol. The van der Waals surface area contributed by atoms with E-state index in [1.165, 1.54) is 140 Å². The first-order valence-electron chi connectivity index (χ1n) is 27.3. The van der Waals surface area contributed by atoms with E-state index in [1.807, 2.05) is 45.4 Å². The molecule has 0 bridgehead atoms. The standard InChI is InChI=1S/C55H101N2O11PS/c1-6-8-10-12-14-16-18-20-21-22-23-24-25-26-27-28-30-32-34-36-38-43-54(61)68-49(47-67-69(63,64)66-45-44-57(3,4)5)46-65-55(62)50(56)48-70-52(51(58)40-39-42-53(59)60)41-37-35-33-31-29-19-17-15-13-11-9-7-2/h15,17,29,31,33,35,37,41,49-52,58H,6-14,16,18-28,30,32,34,36,38-40,42-48,56H2,1-5H3,(H-,59,60,63,64)/p+1/b17-15-,31-29-,35-33+,41-37+/t49-,50+,51+,52-/m1/s1. The van der Waals surface area contributed by atoms with E-state index in [-0.39, 0.29) is 38.0 Å². The van der Waals surface area contributed by atoms with Gasteiger partial charge in [-0.15, -0.1) is 11.8 Å². The van der Waals surface area contributed by atoms with Crippen LogP contribution in [-0.4, -0.2) is 114 Å². The Hall–Kier alpha value is -2.29. The van der Waals surface area contributed by atoms with Crippen LogP contribution in [0, 0.1) is 0 Å². The van der Waals surface area contributed by atoms with E-state index in [4.69, 9.17) is 29.4 Å². The number of aliphatic hydroxyl groups excluding tert-OH is 1. The smallest absolute Gasteiger partial charge is 0.472 e. The number of aliphatic carboxylic acids is 1. The molecule has 0 fully saturated rings. The third-order valence-electron chi connectivity index (χ3n) is 11.9. The molecule has 0 aliphatic heterocycles. The van der Waals surface area contributed by atoms with Crippen molar-refractivity contribution in [2.75, 3.05) is 53.3 Å². The summed E-state index contributed by atoms with van der Waals surface area (Å²) in [4.78, 5) is 47.5. The van der Waals surface area contributed by atoms with Gasteiger partial charge in [0.15, 0.2) is 6.10 Å². The molecule has 15 heteroatoms. The molecule has 5 N–H and O–H groups in total. The minimum Gasteiger partial charge on any atom is -0.481 e. The van der Waals surface area contributed by atoms with E-state index in [1.54, 1.807) is 12.2 Å². The number of rotatable bonds is 50. The molecule has 0 saturated carbocycles. The summed E-state index contributed by atoms with van der Waals surface area (Å²) >= 11 is 1.23. The van der Waals surface area contributed by atoms with Gasteiger partial charge < -0.3 is 34.8 Å². The second kappa shape index (κ2) is 46.5. The lowest BCUT2D eigenvalue weighted by molar-refractivity contribution is -0.870. The highest BCUT2D eigenvalue weighted by molar-refractivity contribution is 8.00. The molecule has 0 saturated heterocycles. The van der Waals surface area contributed by atoms with Crippen LogP contribution < -0.4 is 5.73 Å². The van der Waals surface area contributed by atoms with Crippen molar-refractivity contribution < 1.29 is 57.1 Å². The number of hydrogen-bond donors (Lipinski definition) is 4. The average molecular weight is 1030 g/mol. The third-order valence-corrected chi connectivity index (χ3v) is 14.3. The van der Waals surface area contributed by atoms with Crippen LogP contribution in [0.3, 0.4) is 0 Å². The van der Waals surface area contributed by atoms with Gasteiger partial charge >= 0.3 is 25.7 Å². The first-order chi connectivity index (χ1) is 33.6. The number of quaternary nitrogens is 1. The number of nitrogens with zero attached hydrogens (tertiary/aromatic N) is 1. The van der Waals surface area contributed by atoms with E-state index in [0.29, 0.717) is 17.4 Å². The number of thioether (sulfide) groups is 1. The molecule has 0 aromatic carbocycles. The molecule has 0 rings (SSSR count). The van der Waals surface area contributed by atoms with Crippen LogP contribution in [0.15, 0.2) is 48.6 Å². The van der Waals surface area contributed by atoms with Crippen molar-refractivity contribution in [1.29, 1.82) is 0 Å². The number of carboxylic acids is 1. The molecule has 70 heavy (non-hydrogen) atoms. The van der Waals surface area contributed by atoms with Gasteiger partial charge in [0, 0.05) is 23.8 Å². The zero-order valence-corrected chi connectivity index (χ0v) is 46.4. The molecule has 13 nitrogen and oxygen atoms in total. The maximum Gasteiger partial charge on any atom is 0.472 e. The molecule has 5 atom stereocenters. The van der Waals surface area contributed by atoms with Gasteiger partial charge in [0.25, 0.3) is 0 Å². The third kappa shape index (κ3) is 46.8. The van der Waals surface area contributed by atoms with Crippen LogP contribution in [0.2, 0.25) is 0 Å². The van der Waals surface area contributed by atoms with Gasteiger partial charge in [-0.3, -0.25) is 23.4 Å². The van der Waals surface area contributed by atoms with Crippen LogP contribution in [0.4, 0.5) is 0 Å². The van der Waals surface area contributed by atoms with Crippen molar-refractivity contribution in [3.8, 4) is 0 Å². The van der Waals surface area contributed by atoms with Gasteiger partial charge in [-0.1, -0.05) is 204 Å². The van der Waals surface area contributed by atoms with E-state index in [2.05, 4.69) is 26.0 Å². The lowest BCUT2D eigenvalue weighted by Gasteiger charge is -2.24. The van der Waals surface area contributed by atoms with E-state index in [9.17, 15) is 28.9 Å². The molecule has 408 valence electrons. The number of likely N-dealkylation sites (N-methyl/N-ethyl adjacent to an activating group) is 1. The van der Waals surface area contributed by atoms with Gasteiger partial charge in [0.2, 0.25) is 0 Å². The first kappa shape index (κ1) is 67.7. The van der Waals surface area contributed by atoms with Gasteiger partial charge in [-0.25, -0.2) is 4.57 Å². The molecule has 0 spiro atoms. The Morgan fingerprint density at radius 3 is 1.73 bits per heavy atom. The highest BCUT2D eigenvalue weighted by atomic mass is 32.2. The second-order valence-corrected chi connectivity index (χ2v) is 22.5. The van der Waals surface area contributed by atoms with E-state index < -0.39 is 62.4 Å². The van der Waals surface area contributed by atoms with Crippen LogP contribution in [-0.2, 0) is 37.5 Å². The molecule has 0 heterocycles. The number of unbranched alkanes of at least 4 members (excludes halogenated alkanes) is 23. The normalized spacial score (nSPS) is 15.0. The molecular weight excluding hydrogens is 928 g/mol. The molecule has 0 amide bonds. The van der Waals surface area contributed by atoms with Gasteiger partial charge in [0.05, 0.1) is 33.9 Å². The van der Waals surface area contributed by atoms with Crippen molar-refractivity contribution in [3.05, 3.63) is 48.6 Å². The number of phosphoric acid groups is 1. The Kier molecular flexibility index (Phi) is 45.0. The van der Waals surface area contributed by atoms with Gasteiger partial charge in [-0.05, 0) is 38.5 Å². The Morgan fingerprint density at radius 2 is 1.19 bits per heavy atom. The second-order valence-electron chi connectivity index (χ2n) is 19.8. The van der Waals surface area contributed by atoms with Gasteiger partial charge in [0.1, 0.15) is 25.8 Å². The summed E-state index contributed by atoms with van der Waals surface area (Å²) in [5, 5.41) is 19.5. The Balaban J connectivity index is 4.97. The number of hydrogen-bond acceptors (Lipinski definition) is 11. The minimum atomic E-state index is -4.52. The first-order valence-corrected chi connectivity index (χ1v) is 29.8. The van der Waals surface area contributed by atoms with Crippen LogP contribution in [0.25, 0.3) is 0 Å². The maximum atomic E-state index is 13.1. The Labute approximate surface area is 430 Å². The summed E-state index contributed by atoms with van der Waals surface area (Å²) in [5.41, 5.74) is 6.23. The van der Waals surface area contributed by atoms with E-state index >= 15 is 0 Å². The number of carbonyl (C=O) groups excluding carboxylic acids is 2. The highest BCUT2D eigenvalue weighted by Gasteiger charge is 2.28. The molecule has 0 aromatic heterocycles. The number of phosphoric ester groups is 1. The lowest BCUT2D eigenvalue weighted by atomic mass is 10.0. The summed E-state index contributed by atoms with van der Waals surface area (Å²) in [6.45, 7) is 3.85. The summed E-state index contributed by atoms with van der Waals surface area (Å²) < 4.78 is 34.5. The Bertz CT molecular complexity index is 1450. The van der Waals surface area contributed by atoms with Crippen LogP contribution in [0.5, 0.6) is 0 Å². The summed E-state index contributed by atoms with van der Waals surface area (Å²) in [6, 6.07) is -1.13. The fourth-order valence-electron chi connectivity index (χ4n) is 7.46. The van der Waals surface area contributed by atoms with Crippen LogP contribution in [0.1, 0.15) is 206 Å².